The lowest BCUT2D eigenvalue weighted by Crippen LogP contribution is -2.30. The highest BCUT2D eigenvalue weighted by Gasteiger charge is 2.28. The smallest absolute Gasteiger partial charge is 0.312 e. The number of nitrogens with one attached hydrogen (secondary N) is 1. The number of hydrogen-bond acceptors (Lipinski definition) is 3. The van der Waals surface area contributed by atoms with Crippen molar-refractivity contribution in [2.24, 2.45) is 5.41 Å². The zero-order valence-electron chi connectivity index (χ0n) is 10.7. The van der Waals surface area contributed by atoms with E-state index in [4.69, 9.17) is 9.84 Å². The van der Waals surface area contributed by atoms with Gasteiger partial charge in [-0.05, 0) is 26.0 Å². The van der Waals surface area contributed by atoms with E-state index in [9.17, 15) is 9.59 Å². The quantitative estimate of drug-likeness (QED) is 0.840. The standard InChI is InChI=1S/C13H17NO4/c1-9(15)14-10-5-4-6-11(7-10)18-8-13(2,3)12(16)17/h4-7H,8H2,1-3H3,(H,14,15)(H,16,17). The van der Waals surface area contributed by atoms with Crippen molar-refractivity contribution < 1.29 is 19.4 Å². The van der Waals surface area contributed by atoms with Crippen molar-refractivity contribution in [1.29, 1.82) is 0 Å². The van der Waals surface area contributed by atoms with E-state index in [1.54, 1.807) is 38.1 Å². The predicted octanol–water partition coefficient (Wildman–Crippen LogP) is 2.13. The highest BCUT2D eigenvalue weighted by atomic mass is 16.5. The lowest BCUT2D eigenvalue weighted by molar-refractivity contribution is -0.148. The van der Waals surface area contributed by atoms with Gasteiger partial charge in [-0.25, -0.2) is 0 Å². The minimum Gasteiger partial charge on any atom is -0.492 e. The molecule has 2 N–H and O–H groups in total. The first-order valence-electron chi connectivity index (χ1n) is 5.55. The molecule has 0 unspecified atom stereocenters. The summed E-state index contributed by atoms with van der Waals surface area (Å²) in [5.74, 6) is -0.561. The zero-order chi connectivity index (χ0) is 13.8. The number of rotatable bonds is 5. The van der Waals surface area contributed by atoms with Gasteiger partial charge in [0, 0.05) is 18.7 Å². The summed E-state index contributed by atoms with van der Waals surface area (Å²) < 4.78 is 5.42. The molecule has 0 saturated carbocycles. The van der Waals surface area contributed by atoms with Crippen LogP contribution < -0.4 is 10.1 Å². The maximum atomic E-state index is 10.9. The van der Waals surface area contributed by atoms with Gasteiger partial charge < -0.3 is 15.2 Å². The molecule has 0 aliphatic rings. The molecule has 0 saturated heterocycles. The fourth-order valence-electron chi connectivity index (χ4n) is 1.19. The van der Waals surface area contributed by atoms with Crippen LogP contribution in [0.1, 0.15) is 20.8 Å². The van der Waals surface area contributed by atoms with Crippen molar-refractivity contribution in [1.82, 2.24) is 0 Å². The molecule has 1 rings (SSSR count). The molecule has 1 amide bonds. The first kappa shape index (κ1) is 14.0. The fraction of sp³-hybridized carbons (Fsp3) is 0.385. The van der Waals surface area contributed by atoms with E-state index < -0.39 is 11.4 Å². The maximum absolute atomic E-state index is 10.9. The second-order valence-electron chi connectivity index (χ2n) is 4.69. The molecule has 0 spiro atoms. The summed E-state index contributed by atoms with van der Waals surface area (Å²) in [6, 6.07) is 6.83. The molecule has 0 aliphatic heterocycles. The average Bonchev–Trinajstić information content (AvgIpc) is 2.26. The van der Waals surface area contributed by atoms with Crippen molar-refractivity contribution in [3.8, 4) is 5.75 Å². The van der Waals surface area contributed by atoms with Crippen LogP contribution in [-0.4, -0.2) is 23.6 Å². The predicted molar refractivity (Wildman–Crippen MR) is 67.7 cm³/mol. The van der Waals surface area contributed by atoms with Crippen molar-refractivity contribution in [3.05, 3.63) is 24.3 Å². The topological polar surface area (TPSA) is 75.6 Å². The van der Waals surface area contributed by atoms with E-state index in [1.165, 1.54) is 6.92 Å². The summed E-state index contributed by atoms with van der Waals surface area (Å²) in [4.78, 5) is 21.8. The van der Waals surface area contributed by atoms with E-state index >= 15 is 0 Å². The second kappa shape index (κ2) is 5.53. The summed E-state index contributed by atoms with van der Waals surface area (Å²) in [6.07, 6.45) is 0. The number of carboxylic acids is 1. The largest absolute Gasteiger partial charge is 0.492 e. The van der Waals surface area contributed by atoms with Crippen LogP contribution in [0, 0.1) is 5.41 Å². The Kier molecular flexibility index (Phi) is 4.31. The molecule has 0 aromatic heterocycles. The molecule has 1 aromatic rings. The lowest BCUT2D eigenvalue weighted by Gasteiger charge is -2.19. The Morgan fingerprint density at radius 2 is 2.06 bits per heavy atom. The molecule has 5 heteroatoms. The SMILES string of the molecule is CC(=O)Nc1cccc(OCC(C)(C)C(=O)O)c1. The number of aliphatic carboxylic acids is 1. The van der Waals surface area contributed by atoms with Crippen LogP contribution >= 0.6 is 0 Å². The van der Waals surface area contributed by atoms with Gasteiger partial charge in [0.1, 0.15) is 12.4 Å². The molecule has 1 aromatic carbocycles. The fourth-order valence-corrected chi connectivity index (χ4v) is 1.19. The first-order valence-corrected chi connectivity index (χ1v) is 5.55. The minimum absolute atomic E-state index is 0.0614. The molecule has 0 atom stereocenters. The number of anilines is 1. The van der Waals surface area contributed by atoms with Crippen LogP contribution in [0.5, 0.6) is 5.75 Å². The van der Waals surface area contributed by atoms with Crippen molar-refractivity contribution in [2.45, 2.75) is 20.8 Å². The number of ether oxygens (including phenoxy) is 1. The molecule has 18 heavy (non-hydrogen) atoms. The van der Waals surface area contributed by atoms with Gasteiger partial charge in [0.2, 0.25) is 5.91 Å². The van der Waals surface area contributed by atoms with Gasteiger partial charge in [-0.2, -0.15) is 0 Å². The Bertz CT molecular complexity index is 454. The van der Waals surface area contributed by atoms with Crippen LogP contribution in [0.3, 0.4) is 0 Å². The summed E-state index contributed by atoms with van der Waals surface area (Å²) in [6.45, 7) is 4.66. The lowest BCUT2D eigenvalue weighted by atomic mass is 9.95. The Hall–Kier alpha value is -2.04. The first-order chi connectivity index (χ1) is 8.31. The van der Waals surface area contributed by atoms with Gasteiger partial charge in [-0.3, -0.25) is 9.59 Å². The molecule has 5 nitrogen and oxygen atoms in total. The van der Waals surface area contributed by atoms with E-state index in [2.05, 4.69) is 5.32 Å². The van der Waals surface area contributed by atoms with E-state index in [0.717, 1.165) is 0 Å². The molecule has 0 aliphatic carbocycles. The molecule has 0 radical (unpaired) electrons. The Labute approximate surface area is 106 Å². The van der Waals surface area contributed by atoms with Gasteiger partial charge in [0.15, 0.2) is 0 Å². The molecule has 98 valence electrons. The molecular weight excluding hydrogens is 234 g/mol. The normalized spacial score (nSPS) is 10.8. The zero-order valence-corrected chi connectivity index (χ0v) is 10.7. The van der Waals surface area contributed by atoms with Gasteiger partial charge in [0.05, 0.1) is 5.41 Å². The Morgan fingerprint density at radius 3 is 2.61 bits per heavy atom. The molecule has 0 heterocycles. The second-order valence-corrected chi connectivity index (χ2v) is 4.69. The average molecular weight is 251 g/mol. The summed E-state index contributed by atoms with van der Waals surface area (Å²) >= 11 is 0. The Balaban J connectivity index is 2.68. The van der Waals surface area contributed by atoms with Crippen LogP contribution in [0.25, 0.3) is 0 Å². The van der Waals surface area contributed by atoms with Crippen LogP contribution in [0.4, 0.5) is 5.69 Å². The Morgan fingerprint density at radius 1 is 1.39 bits per heavy atom. The van der Waals surface area contributed by atoms with E-state index in [0.29, 0.717) is 11.4 Å². The van der Waals surface area contributed by atoms with Crippen LogP contribution in [-0.2, 0) is 9.59 Å². The van der Waals surface area contributed by atoms with Crippen molar-refractivity contribution >= 4 is 17.6 Å². The number of carbonyl (C=O) groups excluding carboxylic acids is 1. The number of hydrogen-bond donors (Lipinski definition) is 2. The van der Waals surface area contributed by atoms with Crippen LogP contribution in [0.2, 0.25) is 0 Å². The molecular formula is C13H17NO4. The van der Waals surface area contributed by atoms with Crippen molar-refractivity contribution in [3.63, 3.8) is 0 Å². The van der Waals surface area contributed by atoms with E-state index in [-0.39, 0.29) is 12.5 Å². The maximum Gasteiger partial charge on any atom is 0.312 e. The van der Waals surface area contributed by atoms with Crippen molar-refractivity contribution in [2.75, 3.05) is 11.9 Å². The summed E-state index contributed by atoms with van der Waals surface area (Å²) in [7, 11) is 0. The highest BCUT2D eigenvalue weighted by Crippen LogP contribution is 2.21. The number of benzene rings is 1. The van der Waals surface area contributed by atoms with Gasteiger partial charge in [0.25, 0.3) is 0 Å². The molecule has 0 bridgehead atoms. The van der Waals surface area contributed by atoms with Gasteiger partial charge in [-0.15, -0.1) is 0 Å². The third-order valence-electron chi connectivity index (χ3n) is 2.33. The monoisotopic (exact) mass is 251 g/mol. The van der Waals surface area contributed by atoms with Gasteiger partial charge in [-0.1, -0.05) is 6.07 Å². The number of amides is 1. The third kappa shape index (κ3) is 4.08. The summed E-state index contributed by atoms with van der Waals surface area (Å²) in [5, 5.41) is 11.6. The van der Waals surface area contributed by atoms with Gasteiger partial charge >= 0.3 is 5.97 Å². The van der Waals surface area contributed by atoms with Crippen LogP contribution in [0.15, 0.2) is 24.3 Å². The number of carboxylic acid groups (broad SMARTS) is 1. The molecule has 0 fully saturated rings. The summed E-state index contributed by atoms with van der Waals surface area (Å²) in [5.41, 5.74) is -0.336. The van der Waals surface area contributed by atoms with E-state index in [1.807, 2.05) is 0 Å². The minimum atomic E-state index is -0.954. The highest BCUT2D eigenvalue weighted by molar-refractivity contribution is 5.88. The third-order valence-corrected chi connectivity index (χ3v) is 2.33. The number of carbonyl (C=O) groups is 2.